The molecule has 0 aromatic rings. The lowest BCUT2D eigenvalue weighted by Gasteiger charge is -2.09. The van der Waals surface area contributed by atoms with Crippen LogP contribution in [-0.2, 0) is 9.53 Å². The summed E-state index contributed by atoms with van der Waals surface area (Å²) in [7, 11) is 0. The number of ether oxygens (including phenoxy) is 1. The Morgan fingerprint density at radius 3 is 2.90 bits per heavy atom. The van der Waals surface area contributed by atoms with Crippen LogP contribution < -0.4 is 5.73 Å². The summed E-state index contributed by atoms with van der Waals surface area (Å²) in [5, 5.41) is -0.553. The lowest BCUT2D eigenvalue weighted by molar-refractivity contribution is -0.118. The second kappa shape index (κ2) is 3.21. The molecule has 0 saturated carbocycles. The zero-order chi connectivity index (χ0) is 7.56. The van der Waals surface area contributed by atoms with Gasteiger partial charge in [0, 0.05) is 12.5 Å². The predicted octanol–water partition coefficient (Wildman–Crippen LogP) is 0.116. The van der Waals surface area contributed by atoms with Crippen LogP contribution in [0.5, 0.6) is 0 Å². The molecule has 1 heterocycles. The van der Waals surface area contributed by atoms with Crippen LogP contribution in [0.15, 0.2) is 0 Å². The Balaban J connectivity index is 2.39. The second-order valence-electron chi connectivity index (χ2n) is 2.43. The van der Waals surface area contributed by atoms with Gasteiger partial charge in [0.25, 0.3) is 0 Å². The van der Waals surface area contributed by atoms with Gasteiger partial charge in [0.1, 0.15) is 5.38 Å². The number of hydrogen-bond acceptors (Lipinski definition) is 2. The maximum Gasteiger partial charge on any atom is 0.235 e. The van der Waals surface area contributed by atoms with E-state index in [9.17, 15) is 4.79 Å². The number of alkyl halides is 1. The van der Waals surface area contributed by atoms with Crippen LogP contribution in [0.3, 0.4) is 0 Å². The molecule has 1 saturated heterocycles. The first-order valence-corrected chi connectivity index (χ1v) is 3.66. The summed E-state index contributed by atoms with van der Waals surface area (Å²) in [6.45, 7) is 1.26. The first-order chi connectivity index (χ1) is 4.72. The van der Waals surface area contributed by atoms with Gasteiger partial charge in [-0.3, -0.25) is 4.79 Å². The Labute approximate surface area is 64.5 Å². The van der Waals surface area contributed by atoms with Crippen LogP contribution in [0.2, 0.25) is 0 Å². The molecule has 0 aliphatic carbocycles. The van der Waals surface area contributed by atoms with Crippen molar-refractivity contribution in [3.8, 4) is 0 Å². The van der Waals surface area contributed by atoms with E-state index in [-0.39, 0.29) is 5.92 Å². The van der Waals surface area contributed by atoms with E-state index in [4.69, 9.17) is 22.1 Å². The van der Waals surface area contributed by atoms with E-state index in [0.717, 1.165) is 6.42 Å². The lowest BCUT2D eigenvalue weighted by Crippen LogP contribution is -2.30. The molecule has 0 spiro atoms. The van der Waals surface area contributed by atoms with Crippen molar-refractivity contribution in [2.75, 3.05) is 13.2 Å². The van der Waals surface area contributed by atoms with Crippen molar-refractivity contribution >= 4 is 17.5 Å². The van der Waals surface area contributed by atoms with Gasteiger partial charge in [-0.25, -0.2) is 0 Å². The van der Waals surface area contributed by atoms with Crippen molar-refractivity contribution in [3.63, 3.8) is 0 Å². The highest BCUT2D eigenvalue weighted by molar-refractivity contribution is 6.30. The highest BCUT2D eigenvalue weighted by Gasteiger charge is 2.27. The smallest absolute Gasteiger partial charge is 0.235 e. The third-order valence-corrected chi connectivity index (χ3v) is 2.22. The predicted molar refractivity (Wildman–Crippen MR) is 37.8 cm³/mol. The fraction of sp³-hybridized carbons (Fsp3) is 0.833. The SMILES string of the molecule is NC(=O)C(Cl)C1CCOC1. The number of hydrogen-bond donors (Lipinski definition) is 1. The third kappa shape index (κ3) is 1.61. The van der Waals surface area contributed by atoms with Crippen molar-refractivity contribution < 1.29 is 9.53 Å². The van der Waals surface area contributed by atoms with Gasteiger partial charge in [0.2, 0.25) is 5.91 Å². The van der Waals surface area contributed by atoms with Gasteiger partial charge in [-0.05, 0) is 6.42 Å². The normalized spacial score (nSPS) is 28.3. The largest absolute Gasteiger partial charge is 0.381 e. The van der Waals surface area contributed by atoms with Crippen molar-refractivity contribution in [1.82, 2.24) is 0 Å². The molecular formula is C6H10ClNO2. The van der Waals surface area contributed by atoms with Gasteiger partial charge >= 0.3 is 0 Å². The molecule has 10 heavy (non-hydrogen) atoms. The number of amides is 1. The van der Waals surface area contributed by atoms with Crippen LogP contribution >= 0.6 is 11.6 Å². The minimum Gasteiger partial charge on any atom is -0.381 e. The zero-order valence-electron chi connectivity index (χ0n) is 5.55. The number of primary amides is 1. The van der Waals surface area contributed by atoms with Crippen LogP contribution in [0, 0.1) is 5.92 Å². The van der Waals surface area contributed by atoms with E-state index in [1.54, 1.807) is 0 Å². The number of halogens is 1. The Kier molecular flexibility index (Phi) is 2.51. The molecular weight excluding hydrogens is 154 g/mol. The Morgan fingerprint density at radius 1 is 1.80 bits per heavy atom. The quantitative estimate of drug-likeness (QED) is 0.588. The number of carbonyl (C=O) groups is 1. The Hall–Kier alpha value is -0.280. The fourth-order valence-electron chi connectivity index (χ4n) is 1.02. The van der Waals surface area contributed by atoms with Crippen LogP contribution in [0.25, 0.3) is 0 Å². The van der Waals surface area contributed by atoms with E-state index < -0.39 is 11.3 Å². The van der Waals surface area contributed by atoms with E-state index >= 15 is 0 Å². The fourth-order valence-corrected chi connectivity index (χ4v) is 1.21. The Morgan fingerprint density at radius 2 is 2.50 bits per heavy atom. The average molecular weight is 164 g/mol. The first-order valence-electron chi connectivity index (χ1n) is 3.23. The summed E-state index contributed by atoms with van der Waals surface area (Å²) in [4.78, 5) is 10.5. The minimum absolute atomic E-state index is 0.124. The van der Waals surface area contributed by atoms with Crippen molar-refractivity contribution in [2.24, 2.45) is 11.7 Å². The summed E-state index contributed by atoms with van der Waals surface area (Å²) in [5.74, 6) is -0.323. The van der Waals surface area contributed by atoms with Crippen molar-refractivity contribution in [3.05, 3.63) is 0 Å². The Bertz CT molecular complexity index is 134. The van der Waals surface area contributed by atoms with Gasteiger partial charge in [0.05, 0.1) is 6.61 Å². The molecule has 2 atom stereocenters. The van der Waals surface area contributed by atoms with E-state index in [1.165, 1.54) is 0 Å². The van der Waals surface area contributed by atoms with Gasteiger partial charge in [-0.2, -0.15) is 0 Å². The molecule has 3 nitrogen and oxygen atoms in total. The van der Waals surface area contributed by atoms with Gasteiger partial charge in [-0.1, -0.05) is 0 Å². The summed E-state index contributed by atoms with van der Waals surface area (Å²) < 4.78 is 5.04. The maximum absolute atomic E-state index is 10.5. The highest BCUT2D eigenvalue weighted by Crippen LogP contribution is 2.20. The number of nitrogens with two attached hydrogens (primary N) is 1. The molecule has 58 valence electrons. The van der Waals surface area contributed by atoms with Crippen LogP contribution in [0.4, 0.5) is 0 Å². The van der Waals surface area contributed by atoms with E-state index in [1.807, 2.05) is 0 Å². The molecule has 0 aromatic carbocycles. The molecule has 2 N–H and O–H groups in total. The molecule has 1 fully saturated rings. The highest BCUT2D eigenvalue weighted by atomic mass is 35.5. The lowest BCUT2D eigenvalue weighted by atomic mass is 10.0. The number of rotatable bonds is 2. The van der Waals surface area contributed by atoms with Gasteiger partial charge in [-0.15, -0.1) is 11.6 Å². The standard InChI is InChI=1S/C6H10ClNO2/c7-5(6(8)9)4-1-2-10-3-4/h4-5H,1-3H2,(H2,8,9). The minimum atomic E-state index is -0.553. The summed E-state index contributed by atoms with van der Waals surface area (Å²) >= 11 is 5.67. The number of carbonyl (C=O) groups excluding carboxylic acids is 1. The molecule has 1 aliphatic rings. The zero-order valence-corrected chi connectivity index (χ0v) is 6.30. The third-order valence-electron chi connectivity index (χ3n) is 1.65. The van der Waals surface area contributed by atoms with Crippen LogP contribution in [-0.4, -0.2) is 24.5 Å². The molecule has 4 heteroatoms. The van der Waals surface area contributed by atoms with E-state index in [0.29, 0.717) is 13.2 Å². The van der Waals surface area contributed by atoms with Gasteiger partial charge in [0.15, 0.2) is 0 Å². The molecule has 0 radical (unpaired) electrons. The summed E-state index contributed by atoms with van der Waals surface area (Å²) in [6.07, 6.45) is 0.844. The maximum atomic E-state index is 10.5. The summed E-state index contributed by atoms with van der Waals surface area (Å²) in [5.41, 5.74) is 4.99. The van der Waals surface area contributed by atoms with E-state index in [2.05, 4.69) is 0 Å². The second-order valence-corrected chi connectivity index (χ2v) is 2.90. The van der Waals surface area contributed by atoms with Crippen molar-refractivity contribution in [2.45, 2.75) is 11.8 Å². The molecule has 0 aromatic heterocycles. The topological polar surface area (TPSA) is 52.3 Å². The van der Waals surface area contributed by atoms with Crippen molar-refractivity contribution in [1.29, 1.82) is 0 Å². The molecule has 2 unspecified atom stereocenters. The molecule has 1 rings (SSSR count). The molecule has 1 aliphatic heterocycles. The van der Waals surface area contributed by atoms with Crippen LogP contribution in [0.1, 0.15) is 6.42 Å². The molecule has 1 amide bonds. The first kappa shape index (κ1) is 7.82. The molecule has 0 bridgehead atoms. The monoisotopic (exact) mass is 163 g/mol. The average Bonchev–Trinajstić information content (AvgIpc) is 2.36. The van der Waals surface area contributed by atoms with Gasteiger partial charge < -0.3 is 10.5 Å². The summed E-state index contributed by atoms with van der Waals surface area (Å²) in [6, 6.07) is 0.